The number of guanidine groups is 1. The van der Waals surface area contributed by atoms with Gasteiger partial charge in [0.2, 0.25) is 0 Å². The summed E-state index contributed by atoms with van der Waals surface area (Å²) in [6, 6.07) is 4.04. The van der Waals surface area contributed by atoms with Gasteiger partial charge < -0.3 is 15.4 Å². The molecule has 0 atom stereocenters. The van der Waals surface area contributed by atoms with Gasteiger partial charge in [0.25, 0.3) is 0 Å². The molecule has 0 aromatic carbocycles. The Hall–Kier alpha value is -1.62. The van der Waals surface area contributed by atoms with Crippen LogP contribution in [0.4, 0.5) is 0 Å². The Bertz CT molecular complexity index is 393. The number of pyridine rings is 1. The maximum Gasteiger partial charge on any atom is 0.190 e. The number of aliphatic imine (C=N–C) groups is 1. The molecular weight excluding hydrogens is 264 g/mol. The number of nitrogens with zero attached hydrogens (tertiary/aromatic N) is 2. The molecule has 1 rings (SSSR count). The topological polar surface area (TPSA) is 58.5 Å². The Morgan fingerprint density at radius 2 is 2.14 bits per heavy atom. The van der Waals surface area contributed by atoms with E-state index >= 15 is 0 Å². The highest BCUT2D eigenvalue weighted by atomic mass is 16.5. The normalized spacial score (nSPS) is 11.7. The number of hydrogen-bond donors (Lipinski definition) is 2. The van der Waals surface area contributed by atoms with E-state index in [1.165, 1.54) is 5.56 Å². The first-order valence-electron chi connectivity index (χ1n) is 7.63. The van der Waals surface area contributed by atoms with Gasteiger partial charge in [-0.2, -0.15) is 0 Å². The molecule has 0 unspecified atom stereocenters. The first-order chi connectivity index (χ1) is 10.2. The molecule has 0 radical (unpaired) electrons. The number of nitrogens with one attached hydrogen (secondary N) is 2. The van der Waals surface area contributed by atoms with Gasteiger partial charge in [0.1, 0.15) is 0 Å². The van der Waals surface area contributed by atoms with Gasteiger partial charge in [-0.25, -0.2) is 0 Å². The predicted molar refractivity (Wildman–Crippen MR) is 87.6 cm³/mol. The second-order valence-corrected chi connectivity index (χ2v) is 5.36. The fourth-order valence-electron chi connectivity index (χ4n) is 1.79. The van der Waals surface area contributed by atoms with Crippen LogP contribution >= 0.6 is 0 Å². The molecule has 0 fully saturated rings. The number of aromatic nitrogens is 1. The number of ether oxygens (including phenoxy) is 1. The Morgan fingerprint density at radius 1 is 1.33 bits per heavy atom. The van der Waals surface area contributed by atoms with Crippen LogP contribution in [0.1, 0.15) is 25.8 Å². The van der Waals surface area contributed by atoms with E-state index in [2.05, 4.69) is 40.5 Å². The van der Waals surface area contributed by atoms with Gasteiger partial charge in [-0.15, -0.1) is 0 Å². The minimum atomic E-state index is 0.597. The van der Waals surface area contributed by atoms with Crippen molar-refractivity contribution in [2.75, 3.05) is 33.4 Å². The van der Waals surface area contributed by atoms with E-state index in [1.807, 2.05) is 12.3 Å². The van der Waals surface area contributed by atoms with Crippen LogP contribution in [0.2, 0.25) is 0 Å². The maximum atomic E-state index is 5.54. The van der Waals surface area contributed by atoms with Gasteiger partial charge in [-0.3, -0.25) is 9.98 Å². The SMILES string of the molecule is CN=C(NCCCOCC(C)C)NCCc1cccnc1. The summed E-state index contributed by atoms with van der Waals surface area (Å²) < 4.78 is 5.54. The first kappa shape index (κ1) is 17.4. The lowest BCUT2D eigenvalue weighted by molar-refractivity contribution is 0.108. The van der Waals surface area contributed by atoms with Crippen molar-refractivity contribution < 1.29 is 4.74 Å². The quantitative estimate of drug-likeness (QED) is 0.414. The summed E-state index contributed by atoms with van der Waals surface area (Å²) in [5.74, 6) is 1.43. The van der Waals surface area contributed by atoms with Gasteiger partial charge >= 0.3 is 0 Å². The third-order valence-electron chi connectivity index (χ3n) is 2.86. The van der Waals surface area contributed by atoms with E-state index in [0.717, 1.165) is 45.1 Å². The Kier molecular flexibility index (Phi) is 9.20. The minimum Gasteiger partial charge on any atom is -0.381 e. The highest BCUT2D eigenvalue weighted by molar-refractivity contribution is 5.79. The van der Waals surface area contributed by atoms with Crippen LogP contribution < -0.4 is 10.6 Å². The lowest BCUT2D eigenvalue weighted by Crippen LogP contribution is -2.39. The van der Waals surface area contributed by atoms with Crippen molar-refractivity contribution in [3.63, 3.8) is 0 Å². The summed E-state index contributed by atoms with van der Waals surface area (Å²) in [6.07, 6.45) is 5.60. The molecule has 1 aromatic heterocycles. The molecule has 0 spiro atoms. The second-order valence-electron chi connectivity index (χ2n) is 5.36. The molecule has 0 amide bonds. The van der Waals surface area contributed by atoms with Gasteiger partial charge in [0.05, 0.1) is 0 Å². The zero-order chi connectivity index (χ0) is 15.3. The van der Waals surface area contributed by atoms with Crippen LogP contribution in [0, 0.1) is 5.92 Å². The zero-order valence-corrected chi connectivity index (χ0v) is 13.4. The van der Waals surface area contributed by atoms with Crippen LogP contribution in [0.25, 0.3) is 0 Å². The van der Waals surface area contributed by atoms with Crippen molar-refractivity contribution in [2.45, 2.75) is 26.7 Å². The molecule has 0 saturated heterocycles. The third-order valence-corrected chi connectivity index (χ3v) is 2.86. The highest BCUT2D eigenvalue weighted by Crippen LogP contribution is 1.95. The molecule has 0 saturated carbocycles. The van der Waals surface area contributed by atoms with Crippen LogP contribution in [-0.4, -0.2) is 44.3 Å². The van der Waals surface area contributed by atoms with Crippen molar-refractivity contribution in [1.29, 1.82) is 0 Å². The maximum absolute atomic E-state index is 5.54. The molecule has 21 heavy (non-hydrogen) atoms. The van der Waals surface area contributed by atoms with E-state index in [4.69, 9.17) is 4.74 Å². The van der Waals surface area contributed by atoms with Crippen molar-refractivity contribution in [1.82, 2.24) is 15.6 Å². The van der Waals surface area contributed by atoms with Gasteiger partial charge in [0.15, 0.2) is 5.96 Å². The van der Waals surface area contributed by atoms with Crippen LogP contribution in [0.3, 0.4) is 0 Å². The predicted octanol–water partition coefficient (Wildman–Crippen LogP) is 1.85. The van der Waals surface area contributed by atoms with Crippen molar-refractivity contribution >= 4 is 5.96 Å². The molecule has 0 bridgehead atoms. The average molecular weight is 292 g/mol. The highest BCUT2D eigenvalue weighted by Gasteiger charge is 1.98. The molecule has 5 heteroatoms. The first-order valence-corrected chi connectivity index (χ1v) is 7.63. The molecule has 118 valence electrons. The van der Waals surface area contributed by atoms with Crippen molar-refractivity contribution in [3.05, 3.63) is 30.1 Å². The molecule has 0 aliphatic rings. The minimum absolute atomic E-state index is 0.597. The number of hydrogen-bond acceptors (Lipinski definition) is 3. The molecule has 1 aromatic rings. The van der Waals surface area contributed by atoms with E-state index in [-0.39, 0.29) is 0 Å². The summed E-state index contributed by atoms with van der Waals surface area (Å²) in [6.45, 7) is 7.65. The Labute approximate surface area is 128 Å². The smallest absolute Gasteiger partial charge is 0.190 e. The summed E-state index contributed by atoms with van der Waals surface area (Å²) in [4.78, 5) is 8.31. The lowest BCUT2D eigenvalue weighted by atomic mass is 10.2. The molecular formula is C16H28N4O. The Morgan fingerprint density at radius 3 is 2.81 bits per heavy atom. The Balaban J connectivity index is 2.07. The largest absolute Gasteiger partial charge is 0.381 e. The van der Waals surface area contributed by atoms with Gasteiger partial charge in [-0.1, -0.05) is 19.9 Å². The van der Waals surface area contributed by atoms with E-state index in [1.54, 1.807) is 13.2 Å². The summed E-state index contributed by atoms with van der Waals surface area (Å²) >= 11 is 0. The van der Waals surface area contributed by atoms with E-state index < -0.39 is 0 Å². The molecule has 5 nitrogen and oxygen atoms in total. The fraction of sp³-hybridized carbons (Fsp3) is 0.625. The molecule has 0 aliphatic carbocycles. The van der Waals surface area contributed by atoms with Crippen molar-refractivity contribution in [3.8, 4) is 0 Å². The molecule has 0 aliphatic heterocycles. The zero-order valence-electron chi connectivity index (χ0n) is 13.4. The summed E-state index contributed by atoms with van der Waals surface area (Å²) in [7, 11) is 1.79. The third kappa shape index (κ3) is 9.02. The summed E-state index contributed by atoms with van der Waals surface area (Å²) in [5.41, 5.74) is 1.22. The van der Waals surface area contributed by atoms with E-state index in [0.29, 0.717) is 5.92 Å². The van der Waals surface area contributed by atoms with E-state index in [9.17, 15) is 0 Å². The second kappa shape index (κ2) is 11.1. The van der Waals surface area contributed by atoms with Gasteiger partial charge in [-0.05, 0) is 30.4 Å². The monoisotopic (exact) mass is 292 g/mol. The standard InChI is InChI=1S/C16H28N4O/c1-14(2)13-21-11-5-9-19-16(17-3)20-10-7-15-6-4-8-18-12-15/h4,6,8,12,14H,5,7,9-11,13H2,1-3H3,(H2,17,19,20). The van der Waals surface area contributed by atoms with Crippen LogP contribution in [-0.2, 0) is 11.2 Å². The number of rotatable bonds is 9. The fourth-order valence-corrected chi connectivity index (χ4v) is 1.79. The van der Waals surface area contributed by atoms with Crippen molar-refractivity contribution in [2.24, 2.45) is 10.9 Å². The average Bonchev–Trinajstić information content (AvgIpc) is 2.49. The summed E-state index contributed by atoms with van der Waals surface area (Å²) in [5, 5.41) is 6.58. The van der Waals surface area contributed by atoms with Crippen LogP contribution in [0.15, 0.2) is 29.5 Å². The molecule has 1 heterocycles. The van der Waals surface area contributed by atoms with Gasteiger partial charge in [0, 0.05) is 45.7 Å². The molecule has 2 N–H and O–H groups in total. The lowest BCUT2D eigenvalue weighted by Gasteiger charge is -2.12. The van der Waals surface area contributed by atoms with Crippen LogP contribution in [0.5, 0.6) is 0 Å².